The van der Waals surface area contributed by atoms with E-state index in [9.17, 15) is 28.8 Å². The molecule has 0 radical (unpaired) electrons. The number of amides is 3. The van der Waals surface area contributed by atoms with Gasteiger partial charge in [-0.1, -0.05) is 42.5 Å². The number of Topliss-reactive ketones (excluding diaryl/α,β-unsaturated/α-hetero) is 1. The highest BCUT2D eigenvalue weighted by Crippen LogP contribution is 2.18. The molecule has 58 heavy (non-hydrogen) atoms. The van der Waals surface area contributed by atoms with Gasteiger partial charge in [0.15, 0.2) is 11.2 Å². The summed E-state index contributed by atoms with van der Waals surface area (Å²) < 4.78 is 5.21. The predicted molar refractivity (Wildman–Crippen MR) is 215 cm³/mol. The van der Waals surface area contributed by atoms with E-state index in [-0.39, 0.29) is 66.5 Å². The highest BCUT2D eigenvalue weighted by Gasteiger charge is 2.21. The zero-order chi connectivity index (χ0) is 43.1. The molecule has 0 bridgehead atoms. The number of ketones is 1. The van der Waals surface area contributed by atoms with Crippen LogP contribution in [0, 0.1) is 0 Å². The van der Waals surface area contributed by atoms with Crippen LogP contribution in [-0.4, -0.2) is 85.0 Å². The molecular weight excluding hydrogens is 754 g/mol. The quantitative estimate of drug-likeness (QED) is 0.0557. The van der Waals surface area contributed by atoms with Crippen molar-refractivity contribution in [1.82, 2.24) is 35.9 Å². The van der Waals surface area contributed by atoms with E-state index in [1.165, 1.54) is 13.1 Å². The zero-order valence-corrected chi connectivity index (χ0v) is 32.9. The molecule has 0 saturated heterocycles. The van der Waals surface area contributed by atoms with Gasteiger partial charge in [0.1, 0.15) is 17.2 Å². The second kappa shape index (κ2) is 24.6. The van der Waals surface area contributed by atoms with Crippen molar-refractivity contribution in [3.8, 4) is 0 Å². The third-order valence-corrected chi connectivity index (χ3v) is 7.54. The van der Waals surface area contributed by atoms with Gasteiger partial charge in [-0.05, 0) is 70.2 Å². The number of alkyl carbamates (subject to hydrolysis) is 1. The largest absolute Gasteiger partial charge is 0.483 e. The molecule has 4 rings (SSSR count). The number of H-pyrrole nitrogens is 1. The monoisotopic (exact) mass is 805 g/mol. The fourth-order valence-electron chi connectivity index (χ4n) is 4.93. The SMILES string of the molecule is CC(=O)CC(NC(=O)OC(C)(C)C)c1ccccc1.Nc1nc2ncc(NCc3ccc(C(=O)NCCCCCNC(=O)CCC(=O)O)cc3)nc2c(=O)[nH]1.O=CO. The molecule has 19 nitrogen and oxygen atoms in total. The molecule has 0 saturated carbocycles. The van der Waals surface area contributed by atoms with Crippen molar-refractivity contribution in [2.24, 2.45) is 0 Å². The first kappa shape index (κ1) is 47.2. The van der Waals surface area contributed by atoms with Gasteiger partial charge in [0.25, 0.3) is 17.9 Å². The van der Waals surface area contributed by atoms with Crippen LogP contribution >= 0.6 is 0 Å². The van der Waals surface area contributed by atoms with E-state index in [2.05, 4.69) is 41.2 Å². The van der Waals surface area contributed by atoms with Gasteiger partial charge in [-0.15, -0.1) is 0 Å². The number of carbonyl (C=O) groups is 6. The summed E-state index contributed by atoms with van der Waals surface area (Å²) in [4.78, 5) is 92.2. The van der Waals surface area contributed by atoms with Gasteiger partial charge in [0, 0.05) is 38.0 Å². The van der Waals surface area contributed by atoms with Gasteiger partial charge in [-0.2, -0.15) is 4.98 Å². The number of aromatic amines is 1. The molecule has 2 aromatic carbocycles. The third-order valence-electron chi connectivity index (χ3n) is 7.54. The van der Waals surface area contributed by atoms with E-state index in [4.69, 9.17) is 25.5 Å². The minimum atomic E-state index is -0.994. The molecule has 19 heteroatoms. The average Bonchev–Trinajstić information content (AvgIpc) is 3.16. The van der Waals surface area contributed by atoms with Gasteiger partial charge < -0.3 is 42.0 Å². The average molecular weight is 806 g/mol. The van der Waals surface area contributed by atoms with Gasteiger partial charge in [0.2, 0.25) is 11.9 Å². The molecule has 4 aromatic rings. The fraction of sp³-hybridized carbons (Fsp3) is 0.385. The number of benzene rings is 2. The number of carboxylic acid groups (broad SMARTS) is 2. The molecule has 3 amide bonds. The molecule has 0 aliphatic heterocycles. The Labute approximate surface area is 334 Å². The minimum Gasteiger partial charge on any atom is -0.483 e. The summed E-state index contributed by atoms with van der Waals surface area (Å²) in [5.74, 6) is -1.04. The minimum absolute atomic E-state index is 0.0184. The van der Waals surface area contributed by atoms with Crippen LogP contribution in [0.5, 0.6) is 0 Å². The van der Waals surface area contributed by atoms with E-state index >= 15 is 0 Å². The van der Waals surface area contributed by atoms with Gasteiger partial charge in [0.05, 0.1) is 18.7 Å². The lowest BCUT2D eigenvalue weighted by atomic mass is 10.0. The Balaban J connectivity index is 0.000000443. The molecule has 0 spiro atoms. The number of aromatic nitrogens is 4. The maximum atomic E-state index is 12.3. The number of rotatable bonds is 17. The first-order valence-electron chi connectivity index (χ1n) is 18.2. The van der Waals surface area contributed by atoms with E-state index in [0.717, 1.165) is 30.4 Å². The van der Waals surface area contributed by atoms with E-state index in [0.29, 0.717) is 31.0 Å². The number of nitrogens with zero attached hydrogens (tertiary/aromatic N) is 3. The number of unbranched alkanes of at least 4 members (excludes halogenated alkanes) is 2. The lowest BCUT2D eigenvalue weighted by Crippen LogP contribution is -2.35. The normalized spacial score (nSPS) is 11.0. The van der Waals surface area contributed by atoms with Crippen LogP contribution in [-0.2, 0) is 30.5 Å². The number of hydrogen-bond donors (Lipinski definition) is 8. The Morgan fingerprint density at radius 3 is 2.17 bits per heavy atom. The highest BCUT2D eigenvalue weighted by molar-refractivity contribution is 5.94. The number of ether oxygens (including phenoxy) is 1. The maximum absolute atomic E-state index is 12.3. The Morgan fingerprint density at radius 1 is 0.931 bits per heavy atom. The summed E-state index contributed by atoms with van der Waals surface area (Å²) in [5, 5.41) is 26.8. The van der Waals surface area contributed by atoms with E-state index in [1.54, 1.807) is 32.9 Å². The second-order valence-corrected chi connectivity index (χ2v) is 13.6. The summed E-state index contributed by atoms with van der Waals surface area (Å²) in [6, 6.07) is 16.1. The van der Waals surface area contributed by atoms with Crippen LogP contribution in [0.2, 0.25) is 0 Å². The van der Waals surface area contributed by atoms with Crippen LogP contribution in [0.15, 0.2) is 65.6 Å². The number of hydrogen-bond acceptors (Lipinski definition) is 13. The van der Waals surface area contributed by atoms with Crippen LogP contribution in [0.4, 0.5) is 16.6 Å². The number of nitrogens with one attached hydrogen (secondary N) is 5. The Morgan fingerprint density at radius 2 is 1.57 bits per heavy atom. The van der Waals surface area contributed by atoms with Gasteiger partial charge in [-0.3, -0.25) is 33.8 Å². The predicted octanol–water partition coefficient (Wildman–Crippen LogP) is 3.72. The van der Waals surface area contributed by atoms with Crippen molar-refractivity contribution >= 4 is 59.1 Å². The Kier molecular flexibility index (Phi) is 20.0. The van der Waals surface area contributed by atoms with Crippen molar-refractivity contribution in [2.75, 3.05) is 24.1 Å². The summed E-state index contributed by atoms with van der Waals surface area (Å²) in [5.41, 5.74) is 7.06. The standard InChI is InChI=1S/C23H28N8O5.C15H21NO3.CH2O2/c24-23-30-20-19(22(36)31-23)29-16(13-28-20)27-12-14-4-6-15(7-5-14)21(35)26-11-3-1-2-10-25-17(32)8-9-18(33)34;1-11(17)10-13(12-8-6-5-7-9-12)16-14(18)19-15(2,3)4;2-1-3/h4-7,13H,1-3,8-12H2,(H,25,32)(H,26,35)(H,27,29)(H,33,34)(H3,24,28,30,31,36);5-9,13H,10H2,1-4H3,(H,16,18);1H,(H,2,3). The molecule has 1 atom stereocenters. The molecule has 0 fully saturated rings. The topological polar surface area (TPSA) is 298 Å². The summed E-state index contributed by atoms with van der Waals surface area (Å²) in [7, 11) is 0. The van der Waals surface area contributed by atoms with Crippen molar-refractivity contribution < 1.29 is 43.7 Å². The van der Waals surface area contributed by atoms with Gasteiger partial charge in [-0.25, -0.2) is 14.8 Å². The number of anilines is 2. The summed E-state index contributed by atoms with van der Waals surface area (Å²) >= 11 is 0. The zero-order valence-electron chi connectivity index (χ0n) is 32.9. The molecule has 312 valence electrons. The number of nitrogen functional groups attached to an aromatic ring is 1. The van der Waals surface area contributed by atoms with Crippen LogP contribution in [0.25, 0.3) is 11.2 Å². The lowest BCUT2D eigenvalue weighted by Gasteiger charge is -2.23. The fourth-order valence-corrected chi connectivity index (χ4v) is 4.93. The summed E-state index contributed by atoms with van der Waals surface area (Å²) in [6.07, 6.45) is 3.33. The maximum Gasteiger partial charge on any atom is 0.408 e. The van der Waals surface area contributed by atoms with Crippen molar-refractivity contribution in [3.05, 3.63) is 87.8 Å². The van der Waals surface area contributed by atoms with Crippen LogP contribution in [0.3, 0.4) is 0 Å². The lowest BCUT2D eigenvalue weighted by molar-refractivity contribution is -0.138. The van der Waals surface area contributed by atoms with Crippen LogP contribution in [0.1, 0.15) is 93.7 Å². The van der Waals surface area contributed by atoms with Crippen LogP contribution < -0.4 is 32.6 Å². The number of carboxylic acids is 1. The molecule has 1 unspecified atom stereocenters. The number of nitrogens with two attached hydrogens (primary N) is 1. The van der Waals surface area contributed by atoms with E-state index < -0.39 is 23.2 Å². The first-order chi connectivity index (χ1) is 27.5. The first-order valence-corrected chi connectivity index (χ1v) is 18.2. The van der Waals surface area contributed by atoms with Crippen molar-refractivity contribution in [2.45, 2.75) is 84.4 Å². The Hall–Kier alpha value is -6.92. The highest BCUT2D eigenvalue weighted by atomic mass is 16.6. The summed E-state index contributed by atoms with van der Waals surface area (Å²) in [6.45, 7) is 8.06. The molecule has 9 N–H and O–H groups in total. The molecule has 2 heterocycles. The molecule has 2 aromatic heterocycles. The second-order valence-electron chi connectivity index (χ2n) is 13.6. The smallest absolute Gasteiger partial charge is 0.408 e. The third kappa shape index (κ3) is 19.1. The molecule has 0 aliphatic rings. The molecular formula is C39H51N9O10. The number of fused-ring (bicyclic) bond motifs is 1. The number of aliphatic carboxylic acids is 1. The van der Waals surface area contributed by atoms with E-state index in [1.807, 2.05) is 42.5 Å². The van der Waals surface area contributed by atoms with Crippen molar-refractivity contribution in [3.63, 3.8) is 0 Å². The molecule has 0 aliphatic carbocycles. The Bertz CT molecular complexity index is 2020. The van der Waals surface area contributed by atoms with Crippen molar-refractivity contribution in [1.29, 1.82) is 0 Å². The van der Waals surface area contributed by atoms with Gasteiger partial charge >= 0.3 is 12.1 Å². The number of carbonyl (C=O) groups excluding carboxylic acids is 4.